The Labute approximate surface area is 182 Å². The Morgan fingerprint density at radius 1 is 1.03 bits per heavy atom. The Kier molecular flexibility index (Phi) is 6.76. The summed E-state index contributed by atoms with van der Waals surface area (Å²) in [7, 11) is -3.39. The molecule has 31 heavy (non-hydrogen) atoms. The first-order chi connectivity index (χ1) is 14.4. The lowest BCUT2D eigenvalue weighted by atomic mass is 9.86. The first-order valence-electron chi connectivity index (χ1n) is 10.5. The quantitative estimate of drug-likeness (QED) is 0.628. The van der Waals surface area contributed by atoms with Crippen molar-refractivity contribution < 1.29 is 21.6 Å². The number of benzene rings is 1. The van der Waals surface area contributed by atoms with E-state index in [1.165, 1.54) is 10.6 Å². The van der Waals surface area contributed by atoms with Crippen LogP contribution in [0.4, 0.5) is 18.9 Å². The number of hydrogen-bond donors (Lipinski definition) is 2. The molecule has 1 fully saturated rings. The number of rotatable bonds is 6. The van der Waals surface area contributed by atoms with Crippen molar-refractivity contribution in [1.29, 1.82) is 0 Å². The summed E-state index contributed by atoms with van der Waals surface area (Å²) in [5, 5.41) is 3.14. The molecular formula is C22H30F3N3O2S. The van der Waals surface area contributed by atoms with Gasteiger partial charge in [-0.1, -0.05) is 0 Å². The van der Waals surface area contributed by atoms with Crippen LogP contribution in [0.2, 0.25) is 0 Å². The van der Waals surface area contributed by atoms with Crippen LogP contribution >= 0.6 is 0 Å². The topological polar surface area (TPSA) is 63.1 Å². The molecule has 1 aliphatic rings. The van der Waals surface area contributed by atoms with Crippen molar-refractivity contribution in [2.24, 2.45) is 5.92 Å². The van der Waals surface area contributed by atoms with Crippen LogP contribution in [-0.4, -0.2) is 30.3 Å². The van der Waals surface area contributed by atoms with Gasteiger partial charge in [0.2, 0.25) is 10.0 Å². The van der Waals surface area contributed by atoms with E-state index in [1.807, 2.05) is 0 Å². The molecule has 0 unspecified atom stereocenters. The molecule has 1 aromatic heterocycles. The summed E-state index contributed by atoms with van der Waals surface area (Å²) in [5.74, 6) is 0.286. The Bertz CT molecular complexity index is 972. The molecule has 0 atom stereocenters. The van der Waals surface area contributed by atoms with Gasteiger partial charge in [-0.05, 0) is 82.7 Å². The molecule has 0 aliphatic heterocycles. The molecule has 5 nitrogen and oxygen atoms in total. The van der Waals surface area contributed by atoms with E-state index in [0.29, 0.717) is 12.2 Å². The maximum absolute atomic E-state index is 13.6. The largest absolute Gasteiger partial charge is 0.418 e. The first kappa shape index (κ1) is 23.7. The summed E-state index contributed by atoms with van der Waals surface area (Å²) in [4.78, 5) is 0. The summed E-state index contributed by atoms with van der Waals surface area (Å²) in [6.07, 6.45) is 1.80. The molecule has 0 radical (unpaired) electrons. The van der Waals surface area contributed by atoms with Crippen molar-refractivity contribution in [2.75, 3.05) is 11.9 Å². The highest BCUT2D eigenvalue weighted by molar-refractivity contribution is 7.90. The number of nitrogens with zero attached hydrogens (tertiary/aromatic N) is 1. The maximum Gasteiger partial charge on any atom is 0.418 e. The number of hydrogen-bond acceptors (Lipinski definition) is 3. The van der Waals surface area contributed by atoms with Gasteiger partial charge >= 0.3 is 6.18 Å². The minimum atomic E-state index is -4.46. The van der Waals surface area contributed by atoms with Crippen LogP contribution in [0.3, 0.4) is 0 Å². The molecule has 1 aliphatic carbocycles. The standard InChI is InChI=1S/C22H30F3N3O2S/c1-21(2,3)31(29,30)27-17-8-6-16(7-9-17)15-26-18-10-11-20(28-12-4-5-13-28)19(14-18)22(23,24)25/h4-5,10-14,16-17,26-27H,6-9,15H2,1-3H3. The Morgan fingerprint density at radius 2 is 1.65 bits per heavy atom. The van der Waals surface area contributed by atoms with Gasteiger partial charge in [-0.25, -0.2) is 13.1 Å². The molecule has 0 bridgehead atoms. The van der Waals surface area contributed by atoms with E-state index < -0.39 is 26.5 Å². The van der Waals surface area contributed by atoms with Crippen LogP contribution < -0.4 is 10.0 Å². The average Bonchev–Trinajstić information content (AvgIpc) is 3.20. The molecule has 0 saturated heterocycles. The summed E-state index contributed by atoms with van der Waals surface area (Å²) in [6, 6.07) is 7.57. The first-order valence-corrected chi connectivity index (χ1v) is 12.0. The maximum atomic E-state index is 13.6. The third kappa shape index (κ3) is 5.83. The predicted molar refractivity (Wildman–Crippen MR) is 117 cm³/mol. The number of halogens is 3. The molecule has 1 saturated carbocycles. The smallest absolute Gasteiger partial charge is 0.385 e. The Balaban J connectivity index is 1.59. The zero-order valence-electron chi connectivity index (χ0n) is 18.0. The molecule has 0 amide bonds. The van der Waals surface area contributed by atoms with E-state index >= 15 is 0 Å². The van der Waals surface area contributed by atoms with Gasteiger partial charge in [0.15, 0.2) is 0 Å². The van der Waals surface area contributed by atoms with Crippen molar-refractivity contribution in [3.05, 3.63) is 48.3 Å². The fourth-order valence-electron chi connectivity index (χ4n) is 3.74. The fraction of sp³-hybridized carbons (Fsp3) is 0.545. The molecule has 9 heteroatoms. The predicted octanol–water partition coefficient (Wildman–Crippen LogP) is 5.18. The van der Waals surface area contributed by atoms with Crippen molar-refractivity contribution in [3.8, 4) is 5.69 Å². The summed E-state index contributed by atoms with van der Waals surface area (Å²) >= 11 is 0. The second-order valence-electron chi connectivity index (χ2n) is 9.15. The van der Waals surface area contributed by atoms with Crippen LogP contribution in [0.5, 0.6) is 0 Å². The normalized spacial score (nSPS) is 20.6. The van der Waals surface area contributed by atoms with E-state index in [0.717, 1.165) is 31.7 Å². The van der Waals surface area contributed by atoms with Gasteiger partial charge in [0.05, 0.1) is 16.0 Å². The van der Waals surface area contributed by atoms with Crippen molar-refractivity contribution in [3.63, 3.8) is 0 Å². The van der Waals surface area contributed by atoms with Gasteiger partial charge in [0, 0.05) is 30.7 Å². The third-order valence-electron chi connectivity index (χ3n) is 5.75. The number of anilines is 1. The minimum absolute atomic E-state index is 0.0850. The average molecular weight is 458 g/mol. The molecule has 2 N–H and O–H groups in total. The van der Waals surface area contributed by atoms with Crippen LogP contribution in [0.15, 0.2) is 42.7 Å². The Morgan fingerprint density at radius 3 is 2.19 bits per heavy atom. The SMILES string of the molecule is CC(C)(C)S(=O)(=O)NC1CCC(CNc2ccc(-n3cccc3)c(C(F)(F)F)c2)CC1. The fourth-order valence-corrected chi connectivity index (χ4v) is 4.76. The zero-order valence-corrected chi connectivity index (χ0v) is 18.9. The van der Waals surface area contributed by atoms with Crippen LogP contribution in [0.25, 0.3) is 5.69 Å². The lowest BCUT2D eigenvalue weighted by Crippen LogP contribution is -2.46. The van der Waals surface area contributed by atoms with Crippen LogP contribution in [0.1, 0.15) is 52.0 Å². The number of aromatic nitrogens is 1. The monoisotopic (exact) mass is 457 g/mol. The van der Waals surface area contributed by atoms with Crippen LogP contribution in [-0.2, 0) is 16.2 Å². The van der Waals surface area contributed by atoms with Crippen molar-refractivity contribution >= 4 is 15.7 Å². The molecule has 1 aromatic carbocycles. The zero-order chi connectivity index (χ0) is 22.9. The Hall–Kier alpha value is -2.00. The van der Waals surface area contributed by atoms with E-state index in [9.17, 15) is 21.6 Å². The molecule has 3 rings (SSSR count). The molecule has 2 aromatic rings. The van der Waals surface area contributed by atoms with Crippen molar-refractivity contribution in [1.82, 2.24) is 9.29 Å². The molecule has 0 spiro atoms. The summed E-state index contributed by atoms with van der Waals surface area (Å²) < 4.78 is 68.8. The van der Waals surface area contributed by atoms with Crippen LogP contribution in [0, 0.1) is 5.92 Å². The van der Waals surface area contributed by atoms with E-state index in [1.54, 1.807) is 51.4 Å². The van der Waals surface area contributed by atoms with Gasteiger partial charge in [-0.2, -0.15) is 13.2 Å². The summed E-state index contributed by atoms with van der Waals surface area (Å²) in [5.41, 5.74) is -0.164. The lowest BCUT2D eigenvalue weighted by molar-refractivity contribution is -0.137. The second kappa shape index (κ2) is 8.86. The highest BCUT2D eigenvalue weighted by atomic mass is 32.2. The van der Waals surface area contributed by atoms with E-state index in [2.05, 4.69) is 10.0 Å². The molecule has 1 heterocycles. The second-order valence-corrected chi connectivity index (χ2v) is 11.6. The van der Waals surface area contributed by atoms with Gasteiger partial charge in [0.25, 0.3) is 0 Å². The van der Waals surface area contributed by atoms with Gasteiger partial charge in [0.1, 0.15) is 0 Å². The number of nitrogens with one attached hydrogen (secondary N) is 2. The number of sulfonamides is 1. The van der Waals surface area contributed by atoms with Gasteiger partial charge in [-0.15, -0.1) is 0 Å². The van der Waals surface area contributed by atoms with Crippen molar-refractivity contribution in [2.45, 2.75) is 63.4 Å². The van der Waals surface area contributed by atoms with E-state index in [4.69, 9.17) is 0 Å². The van der Waals surface area contributed by atoms with Gasteiger partial charge < -0.3 is 9.88 Å². The third-order valence-corrected chi connectivity index (χ3v) is 8.01. The lowest BCUT2D eigenvalue weighted by Gasteiger charge is -2.31. The van der Waals surface area contributed by atoms with Gasteiger partial charge in [-0.3, -0.25) is 0 Å². The number of alkyl halides is 3. The highest BCUT2D eigenvalue weighted by Crippen LogP contribution is 2.36. The molecular weight excluding hydrogens is 427 g/mol. The minimum Gasteiger partial charge on any atom is -0.385 e. The molecule has 172 valence electrons. The summed E-state index contributed by atoms with van der Waals surface area (Å²) in [6.45, 7) is 5.56. The highest BCUT2D eigenvalue weighted by Gasteiger charge is 2.35. The van der Waals surface area contributed by atoms with E-state index in [-0.39, 0.29) is 17.6 Å².